The fourth-order valence-electron chi connectivity index (χ4n) is 4.29. The lowest BCUT2D eigenvalue weighted by Gasteiger charge is -2.13. The van der Waals surface area contributed by atoms with E-state index in [9.17, 15) is 9.90 Å². The molecule has 1 aromatic heterocycles. The third-order valence-electron chi connectivity index (χ3n) is 5.73. The Morgan fingerprint density at radius 3 is 2.48 bits per heavy atom. The predicted octanol–water partition coefficient (Wildman–Crippen LogP) is 4.90. The molecule has 0 aliphatic rings. The van der Waals surface area contributed by atoms with Crippen molar-refractivity contribution in [3.63, 3.8) is 0 Å². The first kappa shape index (κ1) is 19.1. The number of aliphatic hydroxyl groups is 1. The molecule has 3 N–H and O–H groups in total. The van der Waals surface area contributed by atoms with Crippen LogP contribution in [0, 0.1) is 6.07 Å². The van der Waals surface area contributed by atoms with Gasteiger partial charge in [0.15, 0.2) is 0 Å². The van der Waals surface area contributed by atoms with E-state index in [1.54, 1.807) is 12.1 Å². The molecule has 1 amide bonds. The van der Waals surface area contributed by atoms with Gasteiger partial charge in [0, 0.05) is 22.9 Å². The van der Waals surface area contributed by atoms with Gasteiger partial charge in [0.05, 0.1) is 17.6 Å². The molecule has 151 valence electrons. The van der Waals surface area contributed by atoms with Crippen molar-refractivity contribution in [2.45, 2.75) is 13.2 Å². The summed E-state index contributed by atoms with van der Waals surface area (Å²) in [6.07, 6.45) is 0. The van der Waals surface area contributed by atoms with Crippen LogP contribution in [0.4, 0.5) is 0 Å². The molecule has 0 aliphatic heterocycles. The number of amides is 1. The van der Waals surface area contributed by atoms with Gasteiger partial charge in [-0.1, -0.05) is 60.7 Å². The number of nitrogens with two attached hydrogens (primary N) is 1. The van der Waals surface area contributed by atoms with Crippen molar-refractivity contribution in [3.8, 4) is 11.1 Å². The maximum atomic E-state index is 12.1. The standard InChI is InChI=1S/C27H21N2O2/c28-27(31)23-11-6-12-24-26(23)22-14-13-18(17-30)15-25(22)29(24)16-20-9-4-5-10-21(20)19-7-2-1-3-8-19/h1-13,15,30H,16-17H2,(H2,28,31). The van der Waals surface area contributed by atoms with Crippen molar-refractivity contribution in [2.75, 3.05) is 0 Å². The Labute approximate surface area is 180 Å². The third-order valence-corrected chi connectivity index (χ3v) is 5.73. The second-order valence-electron chi connectivity index (χ2n) is 7.60. The Bertz CT molecular complexity index is 1420. The number of aromatic nitrogens is 1. The van der Waals surface area contributed by atoms with Gasteiger partial charge in [-0.2, -0.15) is 0 Å². The van der Waals surface area contributed by atoms with E-state index >= 15 is 0 Å². The summed E-state index contributed by atoms with van der Waals surface area (Å²) in [6, 6.07) is 31.2. The van der Waals surface area contributed by atoms with Crippen molar-refractivity contribution in [1.29, 1.82) is 0 Å². The van der Waals surface area contributed by atoms with Crippen LogP contribution in [-0.4, -0.2) is 15.6 Å². The summed E-state index contributed by atoms with van der Waals surface area (Å²) >= 11 is 0. The molecular formula is C27H21N2O2. The number of carbonyl (C=O) groups excluding carboxylic acids is 1. The molecule has 4 aromatic carbocycles. The second kappa shape index (κ2) is 7.74. The van der Waals surface area contributed by atoms with Crippen LogP contribution in [0.3, 0.4) is 0 Å². The second-order valence-corrected chi connectivity index (χ2v) is 7.60. The Morgan fingerprint density at radius 2 is 1.71 bits per heavy atom. The van der Waals surface area contributed by atoms with Crippen LogP contribution < -0.4 is 5.73 Å². The van der Waals surface area contributed by atoms with Crippen molar-refractivity contribution >= 4 is 27.7 Å². The first-order chi connectivity index (χ1) is 15.2. The summed E-state index contributed by atoms with van der Waals surface area (Å²) in [5.74, 6) is -0.464. The third kappa shape index (κ3) is 3.27. The van der Waals surface area contributed by atoms with Crippen molar-refractivity contribution in [1.82, 2.24) is 4.57 Å². The number of rotatable bonds is 5. The average Bonchev–Trinajstić information content (AvgIpc) is 3.13. The normalized spacial score (nSPS) is 11.3. The predicted molar refractivity (Wildman–Crippen MR) is 124 cm³/mol. The highest BCUT2D eigenvalue weighted by atomic mass is 16.3. The fourth-order valence-corrected chi connectivity index (χ4v) is 4.29. The summed E-state index contributed by atoms with van der Waals surface area (Å²) in [5, 5.41) is 11.3. The smallest absolute Gasteiger partial charge is 0.249 e. The van der Waals surface area contributed by atoms with E-state index in [1.807, 2.05) is 48.5 Å². The van der Waals surface area contributed by atoms with E-state index in [1.165, 1.54) is 0 Å². The summed E-state index contributed by atoms with van der Waals surface area (Å²) < 4.78 is 2.18. The lowest BCUT2D eigenvalue weighted by atomic mass is 9.99. The Morgan fingerprint density at radius 1 is 0.935 bits per heavy atom. The van der Waals surface area contributed by atoms with E-state index in [-0.39, 0.29) is 6.61 Å². The molecule has 0 saturated carbocycles. The van der Waals surface area contributed by atoms with Gasteiger partial charge < -0.3 is 15.4 Å². The lowest BCUT2D eigenvalue weighted by molar-refractivity contribution is 0.100. The largest absolute Gasteiger partial charge is 0.392 e. The summed E-state index contributed by atoms with van der Waals surface area (Å²) in [7, 11) is 0. The molecule has 4 nitrogen and oxygen atoms in total. The molecule has 0 spiro atoms. The van der Waals surface area contributed by atoms with Gasteiger partial charge in [-0.05, 0) is 52.6 Å². The zero-order chi connectivity index (χ0) is 21.4. The highest BCUT2D eigenvalue weighted by Crippen LogP contribution is 2.34. The molecule has 4 heteroatoms. The molecule has 0 bridgehead atoms. The van der Waals surface area contributed by atoms with E-state index in [0.717, 1.165) is 44.1 Å². The highest BCUT2D eigenvalue weighted by Gasteiger charge is 2.18. The van der Waals surface area contributed by atoms with Crippen LogP contribution in [0.15, 0.2) is 84.9 Å². The van der Waals surface area contributed by atoms with Crippen LogP contribution in [0.1, 0.15) is 21.5 Å². The van der Waals surface area contributed by atoms with Crippen molar-refractivity contribution < 1.29 is 9.90 Å². The van der Waals surface area contributed by atoms with Crippen LogP contribution in [0.5, 0.6) is 0 Å². The van der Waals surface area contributed by atoms with Crippen molar-refractivity contribution in [3.05, 3.63) is 108 Å². The van der Waals surface area contributed by atoms with Gasteiger partial charge in [0.1, 0.15) is 0 Å². The number of hydrogen-bond donors (Lipinski definition) is 2. The number of benzene rings is 4. The maximum Gasteiger partial charge on any atom is 0.249 e. The van der Waals surface area contributed by atoms with E-state index < -0.39 is 5.91 Å². The minimum absolute atomic E-state index is 0.0722. The molecule has 31 heavy (non-hydrogen) atoms. The van der Waals surface area contributed by atoms with E-state index in [4.69, 9.17) is 5.73 Å². The topological polar surface area (TPSA) is 68.2 Å². The highest BCUT2D eigenvalue weighted by molar-refractivity contribution is 6.17. The molecule has 5 rings (SSSR count). The van der Waals surface area contributed by atoms with Gasteiger partial charge in [-0.15, -0.1) is 0 Å². The van der Waals surface area contributed by atoms with Gasteiger partial charge in [0.25, 0.3) is 0 Å². The first-order valence-corrected chi connectivity index (χ1v) is 10.2. The van der Waals surface area contributed by atoms with E-state index in [2.05, 4.69) is 34.9 Å². The lowest BCUT2D eigenvalue weighted by Crippen LogP contribution is -2.11. The molecule has 5 aromatic rings. The number of fused-ring (bicyclic) bond motifs is 3. The van der Waals surface area contributed by atoms with Crippen LogP contribution in [-0.2, 0) is 13.2 Å². The number of carbonyl (C=O) groups is 1. The zero-order valence-electron chi connectivity index (χ0n) is 16.9. The number of hydrogen-bond acceptors (Lipinski definition) is 2. The van der Waals surface area contributed by atoms with Crippen LogP contribution >= 0.6 is 0 Å². The first-order valence-electron chi connectivity index (χ1n) is 10.2. The van der Waals surface area contributed by atoms with Gasteiger partial charge >= 0.3 is 0 Å². The molecule has 0 atom stereocenters. The summed E-state index contributed by atoms with van der Waals surface area (Å²) in [4.78, 5) is 12.1. The van der Waals surface area contributed by atoms with Gasteiger partial charge in [0.2, 0.25) is 5.91 Å². The number of primary amides is 1. The van der Waals surface area contributed by atoms with Crippen LogP contribution in [0.2, 0.25) is 0 Å². The quantitative estimate of drug-likeness (QED) is 0.437. The SMILES string of the molecule is NC(=O)c1cccc2c1c1[c]cc(CO)cc1n2Cc1ccccc1-c1ccccc1. The zero-order valence-corrected chi connectivity index (χ0v) is 16.9. The molecule has 0 saturated heterocycles. The van der Waals surface area contributed by atoms with Crippen LogP contribution in [0.25, 0.3) is 32.9 Å². The summed E-state index contributed by atoms with van der Waals surface area (Å²) in [5.41, 5.74) is 12.2. The minimum atomic E-state index is -0.464. The Hall–Kier alpha value is -3.89. The monoisotopic (exact) mass is 405 g/mol. The van der Waals surface area contributed by atoms with E-state index in [0.29, 0.717) is 12.1 Å². The Kier molecular flexibility index (Phi) is 4.77. The van der Waals surface area contributed by atoms with Gasteiger partial charge in [-0.25, -0.2) is 0 Å². The summed E-state index contributed by atoms with van der Waals surface area (Å²) in [6.45, 7) is 0.535. The molecule has 1 radical (unpaired) electrons. The fraction of sp³-hybridized carbons (Fsp3) is 0.0741. The average molecular weight is 405 g/mol. The molecule has 0 unspecified atom stereocenters. The molecule has 0 fully saturated rings. The van der Waals surface area contributed by atoms with Gasteiger partial charge in [-0.3, -0.25) is 4.79 Å². The van der Waals surface area contributed by atoms with Crippen molar-refractivity contribution in [2.24, 2.45) is 5.73 Å². The molecular weight excluding hydrogens is 384 g/mol. The molecule has 0 aliphatic carbocycles. The number of nitrogens with zero attached hydrogens (tertiary/aromatic N) is 1. The minimum Gasteiger partial charge on any atom is -0.392 e. The molecule has 1 heterocycles. The Balaban J connectivity index is 1.78. The number of aliphatic hydroxyl groups excluding tert-OH is 1. The maximum absolute atomic E-state index is 12.1.